The van der Waals surface area contributed by atoms with Gasteiger partial charge in [-0.05, 0) is 31.0 Å². The quantitative estimate of drug-likeness (QED) is 0.187. The number of aryl methyl sites for hydroxylation is 1. The molecule has 8 heteroatoms. The van der Waals surface area contributed by atoms with Gasteiger partial charge in [-0.2, -0.15) is 0 Å². The Balaban J connectivity index is 2.11. The van der Waals surface area contributed by atoms with Crippen LogP contribution in [0.15, 0.2) is 54.1 Å². The minimum absolute atomic E-state index is 0.0323. The fourth-order valence-corrected chi connectivity index (χ4v) is 3.48. The summed E-state index contributed by atoms with van der Waals surface area (Å²) in [4.78, 5) is 37.4. The van der Waals surface area contributed by atoms with Crippen molar-refractivity contribution in [2.75, 3.05) is 20.3 Å². The number of non-ortho nitro benzene ring substituents is 1. The zero-order chi connectivity index (χ0) is 21.8. The summed E-state index contributed by atoms with van der Waals surface area (Å²) < 4.78 is 5.04. The molecule has 1 amide bonds. The van der Waals surface area contributed by atoms with Gasteiger partial charge in [0.2, 0.25) is 0 Å². The highest BCUT2D eigenvalue weighted by molar-refractivity contribution is 6.46. The smallest absolute Gasteiger partial charge is 0.295 e. The summed E-state index contributed by atoms with van der Waals surface area (Å²) in [6.07, 6.45) is 0.498. The molecule has 8 nitrogen and oxygen atoms in total. The highest BCUT2D eigenvalue weighted by atomic mass is 16.6. The number of aliphatic hydroxyl groups excluding tert-OH is 1. The third-order valence-corrected chi connectivity index (χ3v) is 5.03. The van der Waals surface area contributed by atoms with Crippen LogP contribution >= 0.6 is 0 Å². The lowest BCUT2D eigenvalue weighted by atomic mass is 9.95. The van der Waals surface area contributed by atoms with Crippen LogP contribution in [0.3, 0.4) is 0 Å². The molecule has 0 aromatic heterocycles. The molecule has 1 heterocycles. The molecular formula is C22H22N2O6. The second-order valence-corrected chi connectivity index (χ2v) is 7.05. The lowest BCUT2D eigenvalue weighted by Gasteiger charge is -2.25. The van der Waals surface area contributed by atoms with Gasteiger partial charge in [0.15, 0.2) is 0 Å². The number of hydrogen-bond acceptors (Lipinski definition) is 6. The van der Waals surface area contributed by atoms with Crippen molar-refractivity contribution in [2.24, 2.45) is 0 Å². The summed E-state index contributed by atoms with van der Waals surface area (Å²) >= 11 is 0. The fourth-order valence-electron chi connectivity index (χ4n) is 3.48. The van der Waals surface area contributed by atoms with Crippen molar-refractivity contribution in [2.45, 2.75) is 19.4 Å². The van der Waals surface area contributed by atoms with Crippen LogP contribution in [0.25, 0.3) is 5.76 Å². The lowest BCUT2D eigenvalue weighted by molar-refractivity contribution is -0.384. The van der Waals surface area contributed by atoms with E-state index in [2.05, 4.69) is 0 Å². The highest BCUT2D eigenvalue weighted by Crippen LogP contribution is 2.39. The van der Waals surface area contributed by atoms with E-state index in [0.717, 1.165) is 5.56 Å². The Morgan fingerprint density at radius 2 is 1.77 bits per heavy atom. The molecule has 1 atom stereocenters. The maximum atomic E-state index is 12.8. The Kier molecular flexibility index (Phi) is 6.27. The zero-order valence-electron chi connectivity index (χ0n) is 16.7. The molecule has 0 unspecified atom stereocenters. The maximum absolute atomic E-state index is 12.8. The average molecular weight is 410 g/mol. The van der Waals surface area contributed by atoms with Gasteiger partial charge in [0.05, 0.1) is 16.5 Å². The molecular weight excluding hydrogens is 388 g/mol. The monoisotopic (exact) mass is 410 g/mol. The Bertz CT molecular complexity index is 995. The molecule has 3 rings (SSSR count). The van der Waals surface area contributed by atoms with Gasteiger partial charge < -0.3 is 14.7 Å². The second-order valence-electron chi connectivity index (χ2n) is 7.05. The Labute approximate surface area is 173 Å². The van der Waals surface area contributed by atoms with E-state index < -0.39 is 22.7 Å². The summed E-state index contributed by atoms with van der Waals surface area (Å²) in [6.45, 7) is 2.54. The molecule has 0 aliphatic carbocycles. The molecule has 1 saturated heterocycles. The number of carbonyl (C=O) groups excluding carboxylic acids is 2. The third kappa shape index (κ3) is 4.08. The number of likely N-dealkylation sites (tertiary alicyclic amines) is 1. The van der Waals surface area contributed by atoms with Gasteiger partial charge in [0, 0.05) is 38.0 Å². The first-order chi connectivity index (χ1) is 14.3. The van der Waals surface area contributed by atoms with Gasteiger partial charge in [0.25, 0.3) is 17.4 Å². The first-order valence-corrected chi connectivity index (χ1v) is 9.44. The molecule has 1 aliphatic heterocycles. The fraction of sp³-hybridized carbons (Fsp3) is 0.273. The van der Waals surface area contributed by atoms with Crippen molar-refractivity contribution in [1.29, 1.82) is 0 Å². The minimum Gasteiger partial charge on any atom is -0.507 e. The molecule has 0 saturated carbocycles. The van der Waals surface area contributed by atoms with E-state index in [1.165, 1.54) is 29.2 Å². The Hall–Kier alpha value is -3.52. The van der Waals surface area contributed by atoms with Crippen LogP contribution in [0, 0.1) is 17.0 Å². The predicted molar refractivity (Wildman–Crippen MR) is 110 cm³/mol. The van der Waals surface area contributed by atoms with Gasteiger partial charge in [-0.25, -0.2) is 0 Å². The first-order valence-electron chi connectivity index (χ1n) is 9.44. The number of rotatable bonds is 7. The number of nitro benzene ring substituents is 1. The second kappa shape index (κ2) is 8.87. The van der Waals surface area contributed by atoms with E-state index in [1.807, 2.05) is 6.92 Å². The topological polar surface area (TPSA) is 110 Å². The maximum Gasteiger partial charge on any atom is 0.295 e. The van der Waals surface area contributed by atoms with Crippen molar-refractivity contribution in [3.8, 4) is 0 Å². The van der Waals surface area contributed by atoms with Gasteiger partial charge in [0.1, 0.15) is 5.76 Å². The standard InChI is InChI=1S/C22H22N2O6/c1-14-4-6-16(7-5-14)20(25)18-19(15-8-10-17(11-9-15)24(28)29)23(12-3-13-30-2)22(27)21(18)26/h4-11,19,25H,3,12-13H2,1-2H3/b20-18+/t19-/m0/s1. The van der Waals surface area contributed by atoms with E-state index in [9.17, 15) is 24.8 Å². The van der Waals surface area contributed by atoms with Gasteiger partial charge in [-0.1, -0.05) is 29.8 Å². The summed E-state index contributed by atoms with van der Waals surface area (Å²) in [6, 6.07) is 11.7. The lowest BCUT2D eigenvalue weighted by Crippen LogP contribution is -2.31. The first kappa shape index (κ1) is 21.2. The SMILES string of the molecule is COCCCN1C(=O)C(=O)/C(=C(/O)c2ccc(C)cc2)[C@@H]1c1ccc([N+](=O)[O-])cc1. The molecule has 0 bridgehead atoms. The van der Waals surface area contributed by atoms with Crippen LogP contribution in [0.2, 0.25) is 0 Å². The molecule has 1 fully saturated rings. The van der Waals surface area contributed by atoms with Gasteiger partial charge in [-0.15, -0.1) is 0 Å². The number of amides is 1. The number of nitro groups is 1. The molecule has 0 radical (unpaired) electrons. The number of benzene rings is 2. The number of aliphatic hydroxyl groups is 1. The van der Waals surface area contributed by atoms with Crippen LogP contribution in [-0.2, 0) is 14.3 Å². The van der Waals surface area contributed by atoms with E-state index in [-0.39, 0.29) is 23.6 Å². The van der Waals surface area contributed by atoms with Crippen molar-refractivity contribution in [3.63, 3.8) is 0 Å². The van der Waals surface area contributed by atoms with E-state index >= 15 is 0 Å². The summed E-state index contributed by atoms with van der Waals surface area (Å²) in [5.74, 6) is -1.78. The summed E-state index contributed by atoms with van der Waals surface area (Å²) in [5, 5.41) is 21.9. The molecule has 1 aliphatic rings. The van der Waals surface area contributed by atoms with E-state index in [1.54, 1.807) is 31.4 Å². The Morgan fingerprint density at radius 1 is 1.13 bits per heavy atom. The molecule has 2 aromatic carbocycles. The van der Waals surface area contributed by atoms with Crippen molar-refractivity contribution < 1.29 is 24.4 Å². The number of nitrogens with zero attached hydrogens (tertiary/aromatic N) is 2. The molecule has 2 aromatic rings. The van der Waals surface area contributed by atoms with Crippen molar-refractivity contribution in [3.05, 3.63) is 80.9 Å². The van der Waals surface area contributed by atoms with Crippen molar-refractivity contribution >= 4 is 23.1 Å². The minimum atomic E-state index is -0.844. The van der Waals surface area contributed by atoms with Gasteiger partial charge in [-0.3, -0.25) is 19.7 Å². The van der Waals surface area contributed by atoms with Crippen LogP contribution in [0.4, 0.5) is 5.69 Å². The normalized spacial score (nSPS) is 18.1. The predicted octanol–water partition coefficient (Wildman–Crippen LogP) is 3.36. The average Bonchev–Trinajstić information content (AvgIpc) is 2.99. The summed E-state index contributed by atoms with van der Waals surface area (Å²) in [7, 11) is 1.54. The zero-order valence-corrected chi connectivity index (χ0v) is 16.7. The van der Waals surface area contributed by atoms with Crippen LogP contribution in [0.5, 0.6) is 0 Å². The van der Waals surface area contributed by atoms with E-state index in [4.69, 9.17) is 4.74 Å². The number of Topliss-reactive ketones (excluding diaryl/α,β-unsaturated/α-hetero) is 1. The van der Waals surface area contributed by atoms with Crippen LogP contribution < -0.4 is 0 Å². The van der Waals surface area contributed by atoms with Crippen LogP contribution in [-0.4, -0.2) is 46.9 Å². The van der Waals surface area contributed by atoms with Crippen LogP contribution in [0.1, 0.15) is 29.2 Å². The Morgan fingerprint density at radius 3 is 2.33 bits per heavy atom. The van der Waals surface area contributed by atoms with E-state index in [0.29, 0.717) is 24.2 Å². The number of ketones is 1. The number of methoxy groups -OCH3 is 1. The molecule has 0 spiro atoms. The molecule has 1 N–H and O–H groups in total. The largest absolute Gasteiger partial charge is 0.507 e. The molecule has 156 valence electrons. The van der Waals surface area contributed by atoms with Crippen molar-refractivity contribution in [1.82, 2.24) is 4.90 Å². The number of ether oxygens (including phenoxy) is 1. The van der Waals surface area contributed by atoms with Gasteiger partial charge >= 0.3 is 0 Å². The summed E-state index contributed by atoms with van der Waals surface area (Å²) in [5.41, 5.74) is 1.77. The molecule has 30 heavy (non-hydrogen) atoms. The highest BCUT2D eigenvalue weighted by Gasteiger charge is 2.45. The third-order valence-electron chi connectivity index (χ3n) is 5.03. The number of carbonyl (C=O) groups is 2. The number of hydrogen-bond donors (Lipinski definition) is 1.